The zero-order valence-electron chi connectivity index (χ0n) is 11.5. The Labute approximate surface area is 113 Å². The minimum absolute atomic E-state index is 0.210. The van der Waals surface area contributed by atoms with E-state index in [1.165, 1.54) is 0 Å². The Kier molecular flexibility index (Phi) is 5.78. The summed E-state index contributed by atoms with van der Waals surface area (Å²) < 4.78 is 0. The van der Waals surface area contributed by atoms with Crippen LogP contribution in [0.25, 0.3) is 0 Å². The van der Waals surface area contributed by atoms with Gasteiger partial charge in [-0.15, -0.1) is 0 Å². The Morgan fingerprint density at radius 3 is 2.68 bits per heavy atom. The van der Waals surface area contributed by atoms with Crippen molar-refractivity contribution in [3.8, 4) is 0 Å². The predicted molar refractivity (Wildman–Crippen MR) is 74.0 cm³/mol. The first-order valence-corrected chi connectivity index (χ1v) is 6.37. The molecule has 0 aliphatic carbocycles. The first-order chi connectivity index (χ1) is 9.08. The van der Waals surface area contributed by atoms with Crippen molar-refractivity contribution in [3.05, 3.63) is 24.0 Å². The second-order valence-electron chi connectivity index (χ2n) is 4.05. The molecule has 19 heavy (non-hydrogen) atoms. The van der Waals surface area contributed by atoms with Crippen LogP contribution in [0.2, 0.25) is 0 Å². The maximum absolute atomic E-state index is 11.9. The van der Waals surface area contributed by atoms with Crippen molar-refractivity contribution in [2.24, 2.45) is 0 Å². The van der Waals surface area contributed by atoms with Gasteiger partial charge in [0.05, 0.1) is 0 Å². The van der Waals surface area contributed by atoms with Crippen LogP contribution in [0.5, 0.6) is 0 Å². The molecule has 6 heteroatoms. The van der Waals surface area contributed by atoms with Gasteiger partial charge in [0.15, 0.2) is 0 Å². The lowest BCUT2D eigenvalue weighted by Gasteiger charge is -2.13. The molecule has 1 atom stereocenters. The summed E-state index contributed by atoms with van der Waals surface area (Å²) in [5.41, 5.74) is 1.11. The van der Waals surface area contributed by atoms with Crippen LogP contribution in [-0.2, 0) is 4.79 Å². The van der Waals surface area contributed by atoms with Crippen molar-refractivity contribution in [2.75, 3.05) is 18.4 Å². The van der Waals surface area contributed by atoms with Gasteiger partial charge in [-0.1, -0.05) is 0 Å². The van der Waals surface area contributed by atoms with Crippen molar-refractivity contribution in [2.45, 2.75) is 26.8 Å². The SMILES string of the molecule is CCNC(=O)C(C)NC(=O)c1cc(NCC)ccn1. The molecular weight excluding hydrogens is 244 g/mol. The first kappa shape index (κ1) is 14.9. The summed E-state index contributed by atoms with van der Waals surface area (Å²) in [7, 11) is 0. The van der Waals surface area contributed by atoms with Gasteiger partial charge in [-0.25, -0.2) is 0 Å². The van der Waals surface area contributed by atoms with Crippen molar-refractivity contribution in [3.63, 3.8) is 0 Å². The quantitative estimate of drug-likeness (QED) is 0.708. The van der Waals surface area contributed by atoms with Gasteiger partial charge >= 0.3 is 0 Å². The fourth-order valence-corrected chi connectivity index (χ4v) is 1.53. The number of anilines is 1. The molecule has 1 unspecified atom stereocenters. The highest BCUT2D eigenvalue weighted by molar-refractivity contribution is 5.96. The van der Waals surface area contributed by atoms with Crippen LogP contribution in [0.3, 0.4) is 0 Å². The average molecular weight is 264 g/mol. The van der Waals surface area contributed by atoms with E-state index in [0.717, 1.165) is 12.2 Å². The molecule has 6 nitrogen and oxygen atoms in total. The summed E-state index contributed by atoms with van der Waals surface area (Å²) in [4.78, 5) is 27.5. The van der Waals surface area contributed by atoms with Crippen LogP contribution in [0.15, 0.2) is 18.3 Å². The largest absolute Gasteiger partial charge is 0.385 e. The van der Waals surface area contributed by atoms with Gasteiger partial charge in [0.25, 0.3) is 5.91 Å². The monoisotopic (exact) mass is 264 g/mol. The molecular formula is C13H20N4O2. The van der Waals surface area contributed by atoms with E-state index in [1.807, 2.05) is 13.8 Å². The summed E-state index contributed by atoms with van der Waals surface area (Å²) in [6.45, 7) is 6.73. The Hall–Kier alpha value is -2.11. The topological polar surface area (TPSA) is 83.1 Å². The zero-order chi connectivity index (χ0) is 14.3. The standard InChI is InChI=1S/C13H20N4O2/c1-4-14-10-6-7-16-11(8-10)13(19)17-9(3)12(18)15-5-2/h6-9H,4-5H2,1-3H3,(H,14,16)(H,15,18)(H,17,19). The molecule has 0 bridgehead atoms. The van der Waals surface area contributed by atoms with Gasteiger partial charge in [-0.2, -0.15) is 0 Å². The lowest BCUT2D eigenvalue weighted by atomic mass is 10.2. The summed E-state index contributed by atoms with van der Waals surface area (Å²) in [6.07, 6.45) is 1.56. The molecule has 1 heterocycles. The van der Waals surface area contributed by atoms with Crippen LogP contribution < -0.4 is 16.0 Å². The fraction of sp³-hybridized carbons (Fsp3) is 0.462. The van der Waals surface area contributed by atoms with Gasteiger partial charge in [0.1, 0.15) is 11.7 Å². The van der Waals surface area contributed by atoms with Gasteiger partial charge in [-0.3, -0.25) is 14.6 Å². The molecule has 1 rings (SSSR count). The molecule has 1 aromatic heterocycles. The molecule has 104 valence electrons. The van der Waals surface area contributed by atoms with Gasteiger partial charge in [0, 0.05) is 25.0 Å². The third kappa shape index (κ3) is 4.57. The number of nitrogens with zero attached hydrogens (tertiary/aromatic N) is 1. The number of pyridine rings is 1. The number of carbonyl (C=O) groups is 2. The molecule has 1 aromatic rings. The molecule has 0 fully saturated rings. The third-order valence-corrected chi connectivity index (χ3v) is 2.47. The second kappa shape index (κ2) is 7.35. The Morgan fingerprint density at radius 2 is 2.05 bits per heavy atom. The molecule has 0 aliphatic heterocycles. The highest BCUT2D eigenvalue weighted by Gasteiger charge is 2.16. The number of aromatic nitrogens is 1. The predicted octanol–water partition coefficient (Wildman–Crippen LogP) is 0.768. The van der Waals surface area contributed by atoms with E-state index in [2.05, 4.69) is 20.9 Å². The Balaban J connectivity index is 2.67. The van der Waals surface area contributed by atoms with E-state index in [4.69, 9.17) is 0 Å². The molecule has 3 N–H and O–H groups in total. The summed E-state index contributed by atoms with van der Waals surface area (Å²) >= 11 is 0. The number of amides is 2. The van der Waals surface area contributed by atoms with E-state index in [9.17, 15) is 9.59 Å². The first-order valence-electron chi connectivity index (χ1n) is 6.37. The normalized spacial score (nSPS) is 11.5. The van der Waals surface area contributed by atoms with Crippen molar-refractivity contribution < 1.29 is 9.59 Å². The number of nitrogens with one attached hydrogen (secondary N) is 3. The van der Waals surface area contributed by atoms with E-state index >= 15 is 0 Å². The third-order valence-electron chi connectivity index (χ3n) is 2.47. The minimum Gasteiger partial charge on any atom is -0.385 e. The minimum atomic E-state index is -0.586. The maximum atomic E-state index is 11.9. The fourth-order valence-electron chi connectivity index (χ4n) is 1.53. The van der Waals surface area contributed by atoms with Crippen molar-refractivity contribution >= 4 is 17.5 Å². The number of carbonyl (C=O) groups excluding carboxylic acids is 2. The molecule has 0 saturated heterocycles. The van der Waals surface area contributed by atoms with Crippen LogP contribution in [0.4, 0.5) is 5.69 Å². The van der Waals surface area contributed by atoms with Crippen molar-refractivity contribution in [1.29, 1.82) is 0 Å². The summed E-state index contributed by atoms with van der Waals surface area (Å²) in [5, 5.41) is 8.36. The second-order valence-corrected chi connectivity index (χ2v) is 4.05. The number of rotatable bonds is 6. The van der Waals surface area contributed by atoms with Gasteiger partial charge in [0.2, 0.25) is 5.91 Å². The molecule has 0 spiro atoms. The molecule has 0 aliphatic rings. The van der Waals surface area contributed by atoms with Crippen LogP contribution in [0, 0.1) is 0 Å². The smallest absolute Gasteiger partial charge is 0.270 e. The van der Waals surface area contributed by atoms with Crippen LogP contribution in [-0.4, -0.2) is 35.9 Å². The molecule has 0 radical (unpaired) electrons. The van der Waals surface area contributed by atoms with Crippen LogP contribution in [0.1, 0.15) is 31.3 Å². The van der Waals surface area contributed by atoms with E-state index in [-0.39, 0.29) is 17.5 Å². The Morgan fingerprint density at radius 1 is 1.32 bits per heavy atom. The lowest BCUT2D eigenvalue weighted by Crippen LogP contribution is -2.44. The maximum Gasteiger partial charge on any atom is 0.270 e. The molecule has 0 saturated carbocycles. The van der Waals surface area contributed by atoms with Crippen molar-refractivity contribution in [1.82, 2.24) is 15.6 Å². The van der Waals surface area contributed by atoms with Gasteiger partial charge in [-0.05, 0) is 32.9 Å². The number of hydrogen-bond donors (Lipinski definition) is 3. The number of hydrogen-bond acceptors (Lipinski definition) is 4. The highest BCUT2D eigenvalue weighted by atomic mass is 16.2. The van der Waals surface area contributed by atoms with E-state index < -0.39 is 6.04 Å². The summed E-state index contributed by atoms with van der Waals surface area (Å²) in [6, 6.07) is 2.86. The van der Waals surface area contributed by atoms with Gasteiger partial charge < -0.3 is 16.0 Å². The van der Waals surface area contributed by atoms with E-state index in [0.29, 0.717) is 6.54 Å². The molecule has 0 aromatic carbocycles. The Bertz CT molecular complexity index is 448. The lowest BCUT2D eigenvalue weighted by molar-refractivity contribution is -0.122. The number of likely N-dealkylation sites (N-methyl/N-ethyl adjacent to an activating group) is 1. The highest BCUT2D eigenvalue weighted by Crippen LogP contribution is 2.07. The summed E-state index contributed by atoms with van der Waals surface area (Å²) in [5.74, 6) is -0.572. The van der Waals surface area contributed by atoms with E-state index in [1.54, 1.807) is 25.3 Å². The van der Waals surface area contributed by atoms with Crippen LogP contribution >= 0.6 is 0 Å². The molecule has 2 amide bonds. The zero-order valence-corrected chi connectivity index (χ0v) is 11.5. The average Bonchev–Trinajstić information content (AvgIpc) is 2.39.